The van der Waals surface area contributed by atoms with Crippen molar-refractivity contribution in [1.82, 2.24) is 4.98 Å². The summed E-state index contributed by atoms with van der Waals surface area (Å²) in [5.74, 6) is -0.621. The number of sulfone groups is 1. The van der Waals surface area contributed by atoms with E-state index in [1.165, 1.54) is 23.5 Å². The highest BCUT2D eigenvalue weighted by atomic mass is 32.2. The fourth-order valence-corrected chi connectivity index (χ4v) is 5.08. The number of aromatic nitrogens is 1. The summed E-state index contributed by atoms with van der Waals surface area (Å²) < 4.78 is 38.4. The largest absolute Gasteiger partial charge is 0.302 e. The minimum atomic E-state index is -3.54. The van der Waals surface area contributed by atoms with E-state index in [-0.39, 0.29) is 29.4 Å². The van der Waals surface area contributed by atoms with Crippen molar-refractivity contribution in [3.8, 4) is 0 Å². The second-order valence-corrected chi connectivity index (χ2v) is 9.93. The Labute approximate surface area is 167 Å². The first-order valence-electron chi connectivity index (χ1n) is 8.94. The van der Waals surface area contributed by atoms with Crippen molar-refractivity contribution in [2.24, 2.45) is 0 Å². The first kappa shape index (κ1) is 20.4. The number of nitrogens with one attached hydrogen (secondary N) is 1. The third kappa shape index (κ3) is 4.74. The summed E-state index contributed by atoms with van der Waals surface area (Å²) in [4.78, 5) is 16.8. The van der Waals surface area contributed by atoms with Crippen molar-refractivity contribution >= 4 is 42.4 Å². The number of carbonyl (C=O) groups is 1. The number of halogens is 1. The van der Waals surface area contributed by atoms with Crippen LogP contribution in [0.4, 0.5) is 9.52 Å². The van der Waals surface area contributed by atoms with Crippen LogP contribution in [0, 0.1) is 5.82 Å². The van der Waals surface area contributed by atoms with Gasteiger partial charge in [-0.25, -0.2) is 17.8 Å². The Morgan fingerprint density at radius 1 is 1.18 bits per heavy atom. The van der Waals surface area contributed by atoms with Gasteiger partial charge in [-0.3, -0.25) is 4.79 Å². The lowest BCUT2D eigenvalue weighted by atomic mass is 10.0. The summed E-state index contributed by atoms with van der Waals surface area (Å²) in [6.07, 6.45) is 0.237. The molecule has 0 bridgehead atoms. The minimum Gasteiger partial charge on any atom is -0.302 e. The van der Waals surface area contributed by atoms with Crippen LogP contribution < -0.4 is 5.32 Å². The molecular formula is C20H21FN2O3S2. The average molecular weight is 421 g/mol. The van der Waals surface area contributed by atoms with Crippen molar-refractivity contribution in [3.05, 3.63) is 53.8 Å². The molecule has 148 valence electrons. The molecule has 0 saturated heterocycles. The number of fused-ring (bicyclic) bond motifs is 1. The Bertz CT molecular complexity index is 1090. The molecule has 1 amide bonds. The molecule has 2 aromatic carbocycles. The number of para-hydroxylation sites is 1. The third-order valence-electron chi connectivity index (χ3n) is 4.31. The maximum atomic E-state index is 12.9. The number of rotatable bonds is 7. The van der Waals surface area contributed by atoms with E-state index in [4.69, 9.17) is 0 Å². The monoisotopic (exact) mass is 420 g/mol. The molecule has 3 rings (SSSR count). The van der Waals surface area contributed by atoms with E-state index >= 15 is 0 Å². The van der Waals surface area contributed by atoms with Gasteiger partial charge in [0.25, 0.3) is 0 Å². The molecule has 0 aliphatic heterocycles. The fraction of sp³-hybridized carbons (Fsp3) is 0.300. The summed E-state index contributed by atoms with van der Waals surface area (Å²) in [7, 11) is -3.54. The van der Waals surface area contributed by atoms with Gasteiger partial charge in [0, 0.05) is 6.42 Å². The Hall–Kier alpha value is -2.32. The topological polar surface area (TPSA) is 76.1 Å². The van der Waals surface area contributed by atoms with E-state index in [2.05, 4.69) is 24.1 Å². The number of benzene rings is 2. The van der Waals surface area contributed by atoms with Gasteiger partial charge in [0.2, 0.25) is 5.91 Å². The Morgan fingerprint density at radius 2 is 1.89 bits per heavy atom. The number of hydrogen-bond donors (Lipinski definition) is 1. The second kappa shape index (κ2) is 8.36. The Balaban J connectivity index is 1.59. The molecule has 0 unspecified atom stereocenters. The molecule has 1 aromatic heterocycles. The molecule has 5 nitrogen and oxygen atoms in total. The van der Waals surface area contributed by atoms with Gasteiger partial charge < -0.3 is 5.32 Å². The summed E-state index contributed by atoms with van der Waals surface area (Å²) >= 11 is 1.40. The SMILES string of the molecule is CC(C)c1cccc2sc(NC(=O)CCCS(=O)(=O)c3ccc(F)cc3)nc12. The van der Waals surface area contributed by atoms with Crippen molar-refractivity contribution in [1.29, 1.82) is 0 Å². The van der Waals surface area contributed by atoms with E-state index in [1.54, 1.807) is 0 Å². The normalized spacial score (nSPS) is 11.9. The predicted octanol–water partition coefficient (Wildman–Crippen LogP) is 4.75. The lowest BCUT2D eigenvalue weighted by Gasteiger charge is -2.05. The molecule has 3 aromatic rings. The van der Waals surface area contributed by atoms with Crippen LogP contribution in [0.25, 0.3) is 10.2 Å². The first-order valence-corrected chi connectivity index (χ1v) is 11.4. The molecule has 0 aliphatic carbocycles. The van der Waals surface area contributed by atoms with Crippen LogP contribution in [0.2, 0.25) is 0 Å². The lowest BCUT2D eigenvalue weighted by molar-refractivity contribution is -0.116. The highest BCUT2D eigenvalue weighted by molar-refractivity contribution is 7.91. The zero-order chi connectivity index (χ0) is 20.3. The third-order valence-corrected chi connectivity index (χ3v) is 7.06. The molecule has 28 heavy (non-hydrogen) atoms. The molecule has 0 radical (unpaired) electrons. The van der Waals surface area contributed by atoms with Crippen molar-refractivity contribution in [2.75, 3.05) is 11.1 Å². The summed E-state index contributed by atoms with van der Waals surface area (Å²) in [5.41, 5.74) is 2.01. The van der Waals surface area contributed by atoms with Gasteiger partial charge in [-0.1, -0.05) is 37.3 Å². The van der Waals surface area contributed by atoms with Crippen LogP contribution in [-0.4, -0.2) is 25.1 Å². The fourth-order valence-electron chi connectivity index (χ4n) is 2.85. The minimum absolute atomic E-state index is 0.0571. The second-order valence-electron chi connectivity index (χ2n) is 6.79. The lowest BCUT2D eigenvalue weighted by Crippen LogP contribution is -2.14. The first-order chi connectivity index (χ1) is 13.3. The molecule has 0 fully saturated rings. The van der Waals surface area contributed by atoms with Crippen LogP contribution >= 0.6 is 11.3 Å². The van der Waals surface area contributed by atoms with Gasteiger partial charge in [0.05, 0.1) is 20.9 Å². The smallest absolute Gasteiger partial charge is 0.226 e. The standard InChI is InChI=1S/C20H21FN2O3S2/c1-13(2)16-5-3-6-17-19(16)23-20(27-17)22-18(24)7-4-12-28(25,26)15-10-8-14(21)9-11-15/h3,5-6,8-11,13H,4,7,12H2,1-2H3,(H,22,23,24). The average Bonchev–Trinajstić information content (AvgIpc) is 3.03. The van der Waals surface area contributed by atoms with Crippen LogP contribution in [0.15, 0.2) is 47.4 Å². The Morgan fingerprint density at radius 3 is 2.57 bits per heavy atom. The number of hydrogen-bond acceptors (Lipinski definition) is 5. The van der Waals surface area contributed by atoms with Gasteiger partial charge >= 0.3 is 0 Å². The van der Waals surface area contributed by atoms with E-state index in [0.717, 1.165) is 27.9 Å². The quantitative estimate of drug-likeness (QED) is 0.560. The number of anilines is 1. The maximum Gasteiger partial charge on any atom is 0.226 e. The molecular weight excluding hydrogens is 399 g/mol. The van der Waals surface area contributed by atoms with E-state index < -0.39 is 15.7 Å². The van der Waals surface area contributed by atoms with Crippen molar-refractivity contribution < 1.29 is 17.6 Å². The molecule has 1 heterocycles. The summed E-state index contributed by atoms with van der Waals surface area (Å²) in [6.45, 7) is 4.18. The molecule has 0 atom stereocenters. The zero-order valence-electron chi connectivity index (χ0n) is 15.6. The van der Waals surface area contributed by atoms with Crippen LogP contribution in [-0.2, 0) is 14.6 Å². The van der Waals surface area contributed by atoms with Crippen LogP contribution in [0.5, 0.6) is 0 Å². The number of carbonyl (C=O) groups excluding carboxylic acids is 1. The summed E-state index contributed by atoms with van der Waals surface area (Å²) in [6, 6.07) is 10.6. The number of amides is 1. The van der Waals surface area contributed by atoms with E-state index in [0.29, 0.717) is 11.0 Å². The molecule has 1 N–H and O–H groups in total. The van der Waals surface area contributed by atoms with Gasteiger partial charge in [0.15, 0.2) is 15.0 Å². The van der Waals surface area contributed by atoms with Gasteiger partial charge in [-0.15, -0.1) is 0 Å². The molecule has 0 saturated carbocycles. The summed E-state index contributed by atoms with van der Waals surface area (Å²) in [5, 5.41) is 3.26. The van der Waals surface area contributed by atoms with Gasteiger partial charge in [-0.05, 0) is 48.2 Å². The van der Waals surface area contributed by atoms with Crippen LogP contribution in [0.1, 0.15) is 38.2 Å². The van der Waals surface area contributed by atoms with Crippen LogP contribution in [0.3, 0.4) is 0 Å². The molecule has 8 heteroatoms. The van der Waals surface area contributed by atoms with Gasteiger partial charge in [-0.2, -0.15) is 0 Å². The zero-order valence-corrected chi connectivity index (χ0v) is 17.2. The Kier molecular flexibility index (Phi) is 6.10. The van der Waals surface area contributed by atoms with E-state index in [9.17, 15) is 17.6 Å². The number of nitrogens with zero attached hydrogens (tertiary/aromatic N) is 1. The van der Waals surface area contributed by atoms with Crippen molar-refractivity contribution in [2.45, 2.75) is 37.5 Å². The number of thiazole rings is 1. The highest BCUT2D eigenvalue weighted by Crippen LogP contribution is 2.31. The van der Waals surface area contributed by atoms with Gasteiger partial charge in [0.1, 0.15) is 5.82 Å². The van der Waals surface area contributed by atoms with E-state index in [1.807, 2.05) is 18.2 Å². The maximum absolute atomic E-state index is 12.9. The highest BCUT2D eigenvalue weighted by Gasteiger charge is 2.16. The molecule has 0 spiro atoms. The molecule has 0 aliphatic rings. The van der Waals surface area contributed by atoms with Crippen molar-refractivity contribution in [3.63, 3.8) is 0 Å². The predicted molar refractivity (Wildman–Crippen MR) is 110 cm³/mol.